The third-order valence-electron chi connectivity index (χ3n) is 3.68. The molecule has 0 aliphatic carbocycles. The van der Waals surface area contributed by atoms with Gasteiger partial charge in [0.1, 0.15) is 13.2 Å². The maximum absolute atomic E-state index is 10.8. The molecule has 0 bridgehead atoms. The Bertz CT molecular complexity index is 630. The largest absolute Gasteiger partial charge is 0.460 e. The zero-order valence-electron chi connectivity index (χ0n) is 18.2. The average Bonchev–Trinajstić information content (AvgIpc) is 2.81. The molecule has 1 rings (SSSR count). The van der Waals surface area contributed by atoms with Gasteiger partial charge < -0.3 is 18.9 Å². The highest BCUT2D eigenvalue weighted by Gasteiger charge is 1.99. The Labute approximate surface area is 188 Å². The van der Waals surface area contributed by atoms with Crippen molar-refractivity contribution in [1.29, 1.82) is 0 Å². The summed E-state index contributed by atoms with van der Waals surface area (Å²) in [5.74, 6) is -0.935. The van der Waals surface area contributed by atoms with E-state index in [1.54, 1.807) is 0 Å². The van der Waals surface area contributed by atoms with Crippen molar-refractivity contribution in [2.24, 2.45) is 0 Å². The van der Waals surface area contributed by atoms with Gasteiger partial charge in [0.2, 0.25) is 0 Å². The molecule has 1 aromatic rings. The number of carbonyl (C=O) groups excluding carboxylic acids is 2. The highest BCUT2D eigenvalue weighted by atomic mass is 16.7. The molecule has 0 unspecified atom stereocenters. The van der Waals surface area contributed by atoms with Crippen LogP contribution in [-0.4, -0.2) is 64.8 Å². The summed E-state index contributed by atoms with van der Waals surface area (Å²) in [5, 5.41) is 0. The van der Waals surface area contributed by atoms with Crippen LogP contribution in [0.3, 0.4) is 0 Å². The van der Waals surface area contributed by atoms with Gasteiger partial charge >= 0.3 is 11.9 Å². The van der Waals surface area contributed by atoms with E-state index in [1.165, 1.54) is 0 Å². The molecule has 1 aromatic carbocycles. The molecule has 0 saturated carbocycles. The zero-order valence-corrected chi connectivity index (χ0v) is 18.2. The van der Waals surface area contributed by atoms with Crippen molar-refractivity contribution >= 4 is 11.9 Å². The van der Waals surface area contributed by atoms with Gasteiger partial charge in [-0.1, -0.05) is 37.4 Å². The summed E-state index contributed by atoms with van der Waals surface area (Å²) < 4.78 is 20.1. The van der Waals surface area contributed by atoms with Gasteiger partial charge in [0.15, 0.2) is 0 Å². The minimum atomic E-state index is -0.467. The molecule has 0 aliphatic heterocycles. The molecule has 0 spiro atoms. The van der Waals surface area contributed by atoms with Crippen molar-refractivity contribution in [2.45, 2.75) is 13.1 Å². The van der Waals surface area contributed by atoms with Crippen molar-refractivity contribution < 1.29 is 38.2 Å². The van der Waals surface area contributed by atoms with Gasteiger partial charge in [0, 0.05) is 25.2 Å². The van der Waals surface area contributed by atoms with Crippen molar-refractivity contribution in [3.63, 3.8) is 0 Å². The highest BCUT2D eigenvalue weighted by molar-refractivity contribution is 5.81. The van der Waals surface area contributed by atoms with Crippen LogP contribution in [0.1, 0.15) is 11.1 Å². The van der Waals surface area contributed by atoms with Crippen LogP contribution in [0.4, 0.5) is 0 Å². The first kappa shape index (κ1) is 27.4. The predicted octanol–water partition coefficient (Wildman–Crippen LogP) is 1.22. The van der Waals surface area contributed by atoms with Gasteiger partial charge in [-0.2, -0.15) is 11.0 Å². The summed E-state index contributed by atoms with van der Waals surface area (Å²) in [4.78, 5) is 32.3. The Balaban J connectivity index is 2.00. The van der Waals surface area contributed by atoms with Crippen LogP contribution in [0.5, 0.6) is 0 Å². The Morgan fingerprint density at radius 2 is 1.16 bits per heavy atom. The molecule has 2 N–H and O–H groups in total. The van der Waals surface area contributed by atoms with Crippen molar-refractivity contribution in [3.8, 4) is 0 Å². The Morgan fingerprint density at radius 3 is 1.59 bits per heavy atom. The highest BCUT2D eigenvalue weighted by Crippen LogP contribution is 2.05. The molecule has 178 valence electrons. The van der Waals surface area contributed by atoms with Crippen molar-refractivity contribution in [1.82, 2.24) is 11.0 Å². The molecule has 10 nitrogen and oxygen atoms in total. The first-order valence-corrected chi connectivity index (χ1v) is 10.2. The fourth-order valence-electron chi connectivity index (χ4n) is 2.19. The van der Waals surface area contributed by atoms with E-state index < -0.39 is 11.9 Å². The van der Waals surface area contributed by atoms with Crippen LogP contribution in [-0.2, 0) is 51.3 Å². The topological polar surface area (TPSA) is 114 Å². The minimum absolute atomic E-state index is 0.184. The molecule has 0 aliphatic rings. The van der Waals surface area contributed by atoms with E-state index >= 15 is 0 Å². The van der Waals surface area contributed by atoms with Crippen LogP contribution < -0.4 is 11.0 Å². The summed E-state index contributed by atoms with van der Waals surface area (Å²) in [6.45, 7) is 10.1. The molecule has 0 radical (unpaired) electrons. The molecule has 0 atom stereocenters. The first-order valence-electron chi connectivity index (χ1n) is 10.2. The van der Waals surface area contributed by atoms with E-state index in [2.05, 4.69) is 24.1 Å². The number of ether oxygens (including phenoxy) is 4. The third-order valence-corrected chi connectivity index (χ3v) is 3.68. The summed E-state index contributed by atoms with van der Waals surface area (Å²) >= 11 is 0. The van der Waals surface area contributed by atoms with Crippen LogP contribution in [0.25, 0.3) is 0 Å². The molecule has 0 saturated heterocycles. The number of hydroxylamine groups is 2. The van der Waals surface area contributed by atoms with Crippen molar-refractivity contribution in [2.75, 3.05) is 52.9 Å². The summed E-state index contributed by atoms with van der Waals surface area (Å²) in [5.41, 5.74) is 7.86. The number of benzene rings is 1. The van der Waals surface area contributed by atoms with Gasteiger partial charge in [0.25, 0.3) is 0 Å². The third kappa shape index (κ3) is 15.2. The predicted molar refractivity (Wildman–Crippen MR) is 116 cm³/mol. The maximum Gasteiger partial charge on any atom is 0.330 e. The second kappa shape index (κ2) is 19.1. The van der Waals surface area contributed by atoms with Crippen LogP contribution in [0.2, 0.25) is 0 Å². The Hall–Kier alpha value is -2.60. The Morgan fingerprint density at radius 1 is 0.719 bits per heavy atom. The van der Waals surface area contributed by atoms with Crippen LogP contribution >= 0.6 is 0 Å². The van der Waals surface area contributed by atoms with E-state index in [0.29, 0.717) is 52.7 Å². The molecular formula is C22H32N2O8. The number of rotatable bonds is 20. The van der Waals surface area contributed by atoms with Gasteiger partial charge in [-0.05, 0) is 11.1 Å². The normalized spacial score (nSPS) is 10.5. The quantitative estimate of drug-likeness (QED) is 0.130. The number of carbonyl (C=O) groups is 2. The maximum atomic E-state index is 10.8. The number of hydrogen-bond acceptors (Lipinski definition) is 10. The monoisotopic (exact) mass is 452 g/mol. The number of hydrogen-bond donors (Lipinski definition) is 2. The summed E-state index contributed by atoms with van der Waals surface area (Å²) in [7, 11) is 0. The molecule has 0 fully saturated rings. The van der Waals surface area contributed by atoms with Gasteiger partial charge in [-0.3, -0.25) is 9.68 Å². The second-order valence-corrected chi connectivity index (χ2v) is 6.13. The second-order valence-electron chi connectivity index (χ2n) is 6.13. The number of nitrogens with one attached hydrogen (secondary N) is 2. The number of esters is 2. The van der Waals surface area contributed by atoms with Crippen LogP contribution in [0.15, 0.2) is 49.6 Å². The lowest BCUT2D eigenvalue weighted by Crippen LogP contribution is -2.20. The minimum Gasteiger partial charge on any atom is -0.460 e. The lowest BCUT2D eigenvalue weighted by molar-refractivity contribution is -0.140. The van der Waals surface area contributed by atoms with E-state index in [0.717, 1.165) is 23.3 Å². The zero-order chi connectivity index (χ0) is 23.3. The summed E-state index contributed by atoms with van der Waals surface area (Å²) in [6, 6.07) is 7.95. The molecule has 0 heterocycles. The van der Waals surface area contributed by atoms with E-state index in [1.807, 2.05) is 24.3 Å². The van der Waals surface area contributed by atoms with E-state index in [9.17, 15) is 9.59 Å². The van der Waals surface area contributed by atoms with Gasteiger partial charge in [-0.15, -0.1) is 0 Å². The fourth-order valence-corrected chi connectivity index (χ4v) is 2.19. The average molecular weight is 453 g/mol. The standard InChI is InChI=1S/C22H32N2O8/c1-3-21(25)29-12-8-27-10-14-31-23-17-19-6-5-7-20(16-19)18-24-32-15-11-28-9-13-30-22(26)4-2/h3-7,16,23-24H,1-2,8-15,17-18H2. The van der Waals surface area contributed by atoms with Crippen LogP contribution in [0, 0.1) is 0 Å². The van der Waals surface area contributed by atoms with Crippen molar-refractivity contribution in [3.05, 3.63) is 60.7 Å². The molecule has 0 amide bonds. The fraction of sp³-hybridized carbons (Fsp3) is 0.455. The van der Waals surface area contributed by atoms with Gasteiger partial charge in [0.05, 0.1) is 39.6 Å². The molecular weight excluding hydrogens is 420 g/mol. The Kier molecular flexibility index (Phi) is 16.4. The molecule has 32 heavy (non-hydrogen) atoms. The SMILES string of the molecule is C=CC(=O)OCCOCCONCc1cccc(CNOCCOCCOC(=O)C=C)c1. The van der Waals surface area contributed by atoms with E-state index in [4.69, 9.17) is 28.6 Å². The lowest BCUT2D eigenvalue weighted by atomic mass is 10.1. The van der Waals surface area contributed by atoms with E-state index in [-0.39, 0.29) is 13.2 Å². The molecule has 10 heteroatoms. The lowest BCUT2D eigenvalue weighted by Gasteiger charge is -2.10. The smallest absolute Gasteiger partial charge is 0.330 e. The summed E-state index contributed by atoms with van der Waals surface area (Å²) in [6.07, 6.45) is 2.22. The van der Waals surface area contributed by atoms with Gasteiger partial charge in [-0.25, -0.2) is 9.59 Å². The molecule has 0 aromatic heterocycles. The first-order chi connectivity index (χ1) is 15.7.